The van der Waals surface area contributed by atoms with Crippen LogP contribution in [-0.4, -0.2) is 13.0 Å². The summed E-state index contributed by atoms with van der Waals surface area (Å²) in [5.74, 6) is -3.85. The van der Waals surface area contributed by atoms with Gasteiger partial charge in [0.15, 0.2) is 11.6 Å². The van der Waals surface area contributed by atoms with Crippen LogP contribution < -0.4 is 10.5 Å². The number of alkyl halides is 2. The number of halogens is 3. The Morgan fingerprint density at radius 1 is 1.40 bits per heavy atom. The number of ether oxygens (including phenoxy) is 1. The zero-order valence-electron chi connectivity index (χ0n) is 8.06. The molecule has 0 radical (unpaired) electrons. The molecule has 0 heterocycles. The van der Waals surface area contributed by atoms with Crippen LogP contribution in [0.1, 0.15) is 12.0 Å². The average molecular weight is 217 g/mol. The topological polar surface area (TPSA) is 35.2 Å². The van der Waals surface area contributed by atoms with Gasteiger partial charge in [0.2, 0.25) is 0 Å². The minimum absolute atomic E-state index is 0.0231. The van der Waals surface area contributed by atoms with Crippen molar-refractivity contribution in [2.45, 2.75) is 17.9 Å². The minimum Gasteiger partial charge on any atom is -0.493 e. The van der Waals surface area contributed by atoms with E-state index in [1.165, 1.54) is 19.2 Å². The Morgan fingerprint density at radius 2 is 2.00 bits per heavy atom. The monoisotopic (exact) mass is 217 g/mol. The van der Waals surface area contributed by atoms with Gasteiger partial charge in [-0.25, -0.2) is 13.2 Å². The molecule has 1 saturated carbocycles. The summed E-state index contributed by atoms with van der Waals surface area (Å²) >= 11 is 0. The molecule has 0 amide bonds. The van der Waals surface area contributed by atoms with Crippen LogP contribution in [-0.2, 0) is 5.54 Å². The molecule has 2 N–H and O–H groups in total. The van der Waals surface area contributed by atoms with Crippen LogP contribution >= 0.6 is 0 Å². The van der Waals surface area contributed by atoms with Gasteiger partial charge < -0.3 is 10.5 Å². The van der Waals surface area contributed by atoms with Gasteiger partial charge in [-0.3, -0.25) is 0 Å². The highest BCUT2D eigenvalue weighted by atomic mass is 19.3. The van der Waals surface area contributed by atoms with Crippen LogP contribution in [0.3, 0.4) is 0 Å². The summed E-state index contributed by atoms with van der Waals surface area (Å²) in [5.41, 5.74) is 3.74. The van der Waals surface area contributed by atoms with Crippen molar-refractivity contribution in [3.05, 3.63) is 29.6 Å². The fraction of sp³-hybridized carbons (Fsp3) is 0.400. The molecule has 1 atom stereocenters. The Labute approximate surface area is 84.8 Å². The summed E-state index contributed by atoms with van der Waals surface area (Å²) in [5, 5.41) is 0. The Bertz CT molecular complexity index is 408. The number of para-hydroxylation sites is 1. The second kappa shape index (κ2) is 2.88. The molecule has 1 unspecified atom stereocenters. The Kier molecular flexibility index (Phi) is 1.98. The van der Waals surface area contributed by atoms with E-state index in [9.17, 15) is 13.2 Å². The fourth-order valence-corrected chi connectivity index (χ4v) is 1.67. The third-order valence-corrected chi connectivity index (χ3v) is 2.68. The summed E-state index contributed by atoms with van der Waals surface area (Å²) in [4.78, 5) is 0. The van der Waals surface area contributed by atoms with E-state index < -0.39 is 23.7 Å². The van der Waals surface area contributed by atoms with Crippen LogP contribution in [0.15, 0.2) is 18.2 Å². The van der Waals surface area contributed by atoms with Gasteiger partial charge in [0.25, 0.3) is 5.92 Å². The van der Waals surface area contributed by atoms with Crippen LogP contribution in [0.4, 0.5) is 13.2 Å². The third kappa shape index (κ3) is 1.30. The fourth-order valence-electron chi connectivity index (χ4n) is 1.67. The molecule has 1 aliphatic carbocycles. The highest BCUT2D eigenvalue weighted by molar-refractivity contribution is 5.46. The van der Waals surface area contributed by atoms with Crippen LogP contribution in [0.2, 0.25) is 0 Å². The van der Waals surface area contributed by atoms with Gasteiger partial charge in [-0.2, -0.15) is 0 Å². The molecule has 0 aromatic heterocycles. The van der Waals surface area contributed by atoms with Crippen LogP contribution in [0.5, 0.6) is 5.75 Å². The van der Waals surface area contributed by atoms with Crippen molar-refractivity contribution in [2.75, 3.05) is 7.11 Å². The highest BCUT2D eigenvalue weighted by Gasteiger charge is 2.71. The lowest BCUT2D eigenvalue weighted by Gasteiger charge is -2.15. The molecular formula is C10H10F3NO. The lowest BCUT2D eigenvalue weighted by molar-refractivity contribution is 0.0882. The van der Waals surface area contributed by atoms with E-state index in [2.05, 4.69) is 0 Å². The van der Waals surface area contributed by atoms with Crippen molar-refractivity contribution >= 4 is 0 Å². The average Bonchev–Trinajstić information content (AvgIpc) is 2.67. The van der Waals surface area contributed by atoms with E-state index in [1.807, 2.05) is 0 Å². The van der Waals surface area contributed by atoms with E-state index in [4.69, 9.17) is 10.5 Å². The molecule has 2 nitrogen and oxygen atoms in total. The second-order valence-corrected chi connectivity index (χ2v) is 3.67. The minimum atomic E-state index is -2.98. The van der Waals surface area contributed by atoms with Gasteiger partial charge in [-0.05, 0) is 6.07 Å². The van der Waals surface area contributed by atoms with Gasteiger partial charge in [-0.1, -0.05) is 12.1 Å². The quantitative estimate of drug-likeness (QED) is 0.822. The molecule has 82 valence electrons. The molecule has 1 fully saturated rings. The number of rotatable bonds is 2. The van der Waals surface area contributed by atoms with E-state index in [1.54, 1.807) is 0 Å². The van der Waals surface area contributed by atoms with Gasteiger partial charge in [0.1, 0.15) is 5.54 Å². The van der Waals surface area contributed by atoms with Gasteiger partial charge in [0.05, 0.1) is 7.11 Å². The Hall–Kier alpha value is -1.23. The zero-order chi connectivity index (χ0) is 11.3. The van der Waals surface area contributed by atoms with Crippen molar-refractivity contribution in [2.24, 2.45) is 5.73 Å². The Morgan fingerprint density at radius 3 is 2.47 bits per heavy atom. The predicted molar refractivity (Wildman–Crippen MR) is 48.4 cm³/mol. The van der Waals surface area contributed by atoms with Crippen molar-refractivity contribution in [1.82, 2.24) is 0 Å². The number of benzene rings is 1. The Balaban J connectivity index is 2.51. The zero-order valence-corrected chi connectivity index (χ0v) is 8.06. The summed E-state index contributed by atoms with van der Waals surface area (Å²) in [7, 11) is 1.23. The number of hydrogen-bond acceptors (Lipinski definition) is 2. The van der Waals surface area contributed by atoms with E-state index in [-0.39, 0.29) is 11.3 Å². The lowest BCUT2D eigenvalue weighted by atomic mass is 10.0. The number of methoxy groups -OCH3 is 1. The maximum Gasteiger partial charge on any atom is 0.272 e. The molecule has 2 rings (SSSR count). The van der Waals surface area contributed by atoms with Crippen molar-refractivity contribution in [3.63, 3.8) is 0 Å². The highest BCUT2D eigenvalue weighted by Crippen LogP contribution is 2.59. The van der Waals surface area contributed by atoms with E-state index in [0.29, 0.717) is 0 Å². The molecule has 15 heavy (non-hydrogen) atoms. The standard InChI is InChI=1S/C10H10F3NO/c1-15-8-6(3-2-4-7(8)11)9(14)5-10(9,12)13/h2-4H,5,14H2,1H3. The molecule has 0 bridgehead atoms. The van der Waals surface area contributed by atoms with Crippen molar-refractivity contribution in [1.29, 1.82) is 0 Å². The normalized spacial score (nSPS) is 27.5. The third-order valence-electron chi connectivity index (χ3n) is 2.68. The van der Waals surface area contributed by atoms with Gasteiger partial charge in [-0.15, -0.1) is 0 Å². The first-order valence-electron chi connectivity index (χ1n) is 4.42. The molecule has 1 aromatic rings. The molecular weight excluding hydrogens is 207 g/mol. The maximum absolute atomic E-state index is 13.2. The number of nitrogens with two attached hydrogens (primary N) is 1. The summed E-state index contributed by atoms with van der Waals surface area (Å²) in [6, 6.07) is 3.85. The summed E-state index contributed by atoms with van der Waals surface area (Å²) < 4.78 is 44.0. The molecule has 0 saturated heterocycles. The van der Waals surface area contributed by atoms with Crippen molar-refractivity contribution in [3.8, 4) is 5.75 Å². The molecule has 1 aliphatic rings. The molecule has 1 aromatic carbocycles. The first-order chi connectivity index (χ1) is 6.92. The summed E-state index contributed by atoms with van der Waals surface area (Å²) in [6.45, 7) is 0. The van der Waals surface area contributed by atoms with Crippen molar-refractivity contribution < 1.29 is 17.9 Å². The maximum atomic E-state index is 13.2. The number of hydrogen-bond donors (Lipinski definition) is 1. The summed E-state index contributed by atoms with van der Waals surface area (Å²) in [6.07, 6.45) is -0.472. The second-order valence-electron chi connectivity index (χ2n) is 3.67. The molecule has 0 aliphatic heterocycles. The first kappa shape index (κ1) is 10.3. The largest absolute Gasteiger partial charge is 0.493 e. The van der Waals surface area contributed by atoms with Crippen LogP contribution in [0, 0.1) is 5.82 Å². The molecule has 5 heteroatoms. The van der Waals surface area contributed by atoms with Gasteiger partial charge >= 0.3 is 0 Å². The van der Waals surface area contributed by atoms with E-state index in [0.717, 1.165) is 6.07 Å². The predicted octanol–water partition coefficient (Wildman–Crippen LogP) is 2.03. The SMILES string of the molecule is COc1c(F)cccc1C1(N)CC1(F)F. The van der Waals surface area contributed by atoms with Crippen LogP contribution in [0.25, 0.3) is 0 Å². The van der Waals surface area contributed by atoms with E-state index >= 15 is 0 Å². The lowest BCUT2D eigenvalue weighted by Crippen LogP contribution is -2.28. The first-order valence-corrected chi connectivity index (χ1v) is 4.42. The van der Waals surface area contributed by atoms with Gasteiger partial charge in [0, 0.05) is 12.0 Å². The smallest absolute Gasteiger partial charge is 0.272 e. The molecule has 0 spiro atoms.